The molecule has 154 valence electrons. The van der Waals surface area contributed by atoms with E-state index in [4.69, 9.17) is 10.5 Å². The van der Waals surface area contributed by atoms with E-state index in [0.29, 0.717) is 12.5 Å². The quantitative estimate of drug-likeness (QED) is 0.242. The van der Waals surface area contributed by atoms with E-state index in [-0.39, 0.29) is 36.3 Å². The molecule has 0 aliphatic heterocycles. The van der Waals surface area contributed by atoms with Crippen LogP contribution >= 0.6 is 24.0 Å². The first-order valence-electron chi connectivity index (χ1n) is 8.37. The molecule has 5 nitrogen and oxygen atoms in total. The zero-order valence-corrected chi connectivity index (χ0v) is 17.7. The molecule has 0 heterocycles. The minimum Gasteiger partial charge on any atom is -0.497 e. The maximum atomic E-state index is 12.1. The molecule has 0 fully saturated rings. The summed E-state index contributed by atoms with van der Waals surface area (Å²) in [4.78, 5) is 4.17. The summed E-state index contributed by atoms with van der Waals surface area (Å²) in [7, 11) is 1.63. The van der Waals surface area contributed by atoms with E-state index in [1.807, 2.05) is 24.3 Å². The minimum absolute atomic E-state index is 0. The van der Waals surface area contributed by atoms with Crippen molar-refractivity contribution in [1.82, 2.24) is 5.32 Å². The Balaban J connectivity index is 0.00000392. The molecule has 0 saturated heterocycles. The number of ether oxygens (including phenoxy) is 2. The molecular weight excluding hydrogens is 486 g/mol. The number of alkyl halides is 3. The highest BCUT2D eigenvalue weighted by Crippen LogP contribution is 2.22. The van der Waals surface area contributed by atoms with E-state index in [2.05, 4.69) is 15.0 Å². The maximum Gasteiger partial charge on any atom is 0.573 e. The number of aliphatic imine (C=N–C) groups is 1. The van der Waals surface area contributed by atoms with Gasteiger partial charge in [0.05, 0.1) is 13.7 Å². The molecule has 0 spiro atoms. The second-order valence-electron chi connectivity index (χ2n) is 5.77. The predicted molar refractivity (Wildman–Crippen MR) is 113 cm³/mol. The van der Waals surface area contributed by atoms with Crippen molar-refractivity contribution in [2.75, 3.05) is 13.7 Å². The van der Waals surface area contributed by atoms with Gasteiger partial charge in [-0.15, -0.1) is 37.1 Å². The van der Waals surface area contributed by atoms with Gasteiger partial charge in [0, 0.05) is 6.54 Å². The van der Waals surface area contributed by atoms with E-state index in [1.54, 1.807) is 7.11 Å². The average Bonchev–Trinajstić information content (AvgIpc) is 2.64. The SMILES string of the molecule is COc1ccc(CCCNC(N)=NCc2ccc(OC(F)(F)F)cc2)cc1.I. The third-order valence-electron chi connectivity index (χ3n) is 3.70. The highest BCUT2D eigenvalue weighted by molar-refractivity contribution is 14.0. The van der Waals surface area contributed by atoms with Crippen molar-refractivity contribution >= 4 is 29.9 Å². The Kier molecular flexibility index (Phi) is 9.91. The molecule has 0 amide bonds. The molecule has 0 aliphatic carbocycles. The first kappa shape index (κ1) is 23.9. The summed E-state index contributed by atoms with van der Waals surface area (Å²) in [5, 5.41) is 3.02. The molecular formula is C19H23F3IN3O2. The van der Waals surface area contributed by atoms with Crippen molar-refractivity contribution in [3.8, 4) is 11.5 Å². The topological polar surface area (TPSA) is 68.9 Å². The number of nitrogens with zero attached hydrogens (tertiary/aromatic N) is 1. The molecule has 0 aromatic heterocycles. The Bertz CT molecular complexity index is 736. The summed E-state index contributed by atoms with van der Waals surface area (Å²) in [6.07, 6.45) is -2.92. The smallest absolute Gasteiger partial charge is 0.497 e. The lowest BCUT2D eigenvalue weighted by atomic mass is 10.1. The number of nitrogens with one attached hydrogen (secondary N) is 1. The highest BCUT2D eigenvalue weighted by Gasteiger charge is 2.30. The van der Waals surface area contributed by atoms with Crippen molar-refractivity contribution in [3.63, 3.8) is 0 Å². The van der Waals surface area contributed by atoms with Crippen molar-refractivity contribution in [1.29, 1.82) is 0 Å². The predicted octanol–water partition coefficient (Wildman–Crippen LogP) is 4.25. The number of rotatable bonds is 8. The Labute approximate surface area is 179 Å². The Hall–Kier alpha value is -2.17. The van der Waals surface area contributed by atoms with Gasteiger partial charge in [0.25, 0.3) is 0 Å². The van der Waals surface area contributed by atoms with Crippen LogP contribution in [0.25, 0.3) is 0 Å². The van der Waals surface area contributed by atoms with Gasteiger partial charge in [0.2, 0.25) is 0 Å². The number of methoxy groups -OCH3 is 1. The van der Waals surface area contributed by atoms with Gasteiger partial charge in [-0.1, -0.05) is 24.3 Å². The highest BCUT2D eigenvalue weighted by atomic mass is 127. The lowest BCUT2D eigenvalue weighted by molar-refractivity contribution is -0.274. The van der Waals surface area contributed by atoms with Gasteiger partial charge < -0.3 is 20.5 Å². The zero-order chi connectivity index (χ0) is 19.7. The van der Waals surface area contributed by atoms with Crippen molar-refractivity contribution in [2.45, 2.75) is 25.7 Å². The Morgan fingerprint density at radius 3 is 2.14 bits per heavy atom. The summed E-state index contributed by atoms with van der Waals surface area (Å²) in [6.45, 7) is 0.934. The standard InChI is InChI=1S/C19H22F3N3O2.HI/c1-26-16-8-4-14(5-9-16)3-2-12-24-18(23)25-13-15-6-10-17(11-7-15)27-19(20,21)22;/h4-11H,2-3,12-13H2,1H3,(H3,23,24,25);1H. The molecule has 28 heavy (non-hydrogen) atoms. The average molecular weight is 509 g/mol. The molecule has 0 saturated carbocycles. The molecule has 2 aromatic rings. The number of nitrogens with two attached hydrogens (primary N) is 1. The van der Waals surface area contributed by atoms with E-state index < -0.39 is 6.36 Å². The molecule has 0 aliphatic rings. The van der Waals surface area contributed by atoms with Gasteiger partial charge in [0.15, 0.2) is 5.96 Å². The van der Waals surface area contributed by atoms with Crippen LogP contribution in [-0.4, -0.2) is 26.0 Å². The molecule has 2 rings (SSSR count). The van der Waals surface area contributed by atoms with Gasteiger partial charge in [-0.2, -0.15) is 0 Å². The first-order valence-corrected chi connectivity index (χ1v) is 8.37. The van der Waals surface area contributed by atoms with Crippen LogP contribution in [0.5, 0.6) is 11.5 Å². The number of benzene rings is 2. The number of guanidine groups is 1. The molecule has 0 radical (unpaired) electrons. The second kappa shape index (κ2) is 11.6. The summed E-state index contributed by atoms with van der Waals surface area (Å²) < 4.78 is 45.3. The maximum absolute atomic E-state index is 12.1. The van der Waals surface area contributed by atoms with Gasteiger partial charge in [-0.3, -0.25) is 0 Å². The minimum atomic E-state index is -4.69. The lowest BCUT2D eigenvalue weighted by Crippen LogP contribution is -2.32. The second-order valence-corrected chi connectivity index (χ2v) is 5.77. The van der Waals surface area contributed by atoms with Crippen LogP contribution in [0.1, 0.15) is 17.5 Å². The molecule has 2 aromatic carbocycles. The van der Waals surface area contributed by atoms with Crippen LogP contribution in [0, 0.1) is 0 Å². The molecule has 0 atom stereocenters. The monoisotopic (exact) mass is 509 g/mol. The molecule has 0 bridgehead atoms. The number of halogens is 4. The third kappa shape index (κ3) is 9.16. The van der Waals surface area contributed by atoms with Crippen LogP contribution in [-0.2, 0) is 13.0 Å². The molecule has 0 unspecified atom stereocenters. The largest absolute Gasteiger partial charge is 0.573 e. The summed E-state index contributed by atoms with van der Waals surface area (Å²) in [6, 6.07) is 13.4. The molecule has 9 heteroatoms. The number of aryl methyl sites for hydroxylation is 1. The summed E-state index contributed by atoms with van der Waals surface area (Å²) in [5.74, 6) is 0.853. The third-order valence-corrected chi connectivity index (χ3v) is 3.70. The summed E-state index contributed by atoms with van der Waals surface area (Å²) >= 11 is 0. The van der Waals surface area contributed by atoms with E-state index in [0.717, 1.165) is 24.2 Å². The fourth-order valence-electron chi connectivity index (χ4n) is 2.33. The normalized spacial score (nSPS) is 11.5. The lowest BCUT2D eigenvalue weighted by Gasteiger charge is -2.09. The van der Waals surface area contributed by atoms with Crippen molar-refractivity contribution in [3.05, 3.63) is 59.7 Å². The van der Waals surface area contributed by atoms with Crippen LogP contribution < -0.4 is 20.5 Å². The van der Waals surface area contributed by atoms with Gasteiger partial charge >= 0.3 is 6.36 Å². The van der Waals surface area contributed by atoms with Gasteiger partial charge in [0.1, 0.15) is 11.5 Å². The zero-order valence-electron chi connectivity index (χ0n) is 15.3. The van der Waals surface area contributed by atoms with Crippen LogP contribution in [0.2, 0.25) is 0 Å². The number of hydrogen-bond donors (Lipinski definition) is 2. The van der Waals surface area contributed by atoms with Gasteiger partial charge in [-0.05, 0) is 48.2 Å². The van der Waals surface area contributed by atoms with Crippen LogP contribution in [0.4, 0.5) is 13.2 Å². The molecule has 3 N–H and O–H groups in total. The van der Waals surface area contributed by atoms with Crippen molar-refractivity contribution < 1.29 is 22.6 Å². The fourth-order valence-corrected chi connectivity index (χ4v) is 2.33. The first-order chi connectivity index (χ1) is 12.9. The van der Waals surface area contributed by atoms with E-state index in [1.165, 1.54) is 29.8 Å². The van der Waals surface area contributed by atoms with Crippen LogP contribution in [0.3, 0.4) is 0 Å². The van der Waals surface area contributed by atoms with Crippen LogP contribution in [0.15, 0.2) is 53.5 Å². The Morgan fingerprint density at radius 1 is 1.00 bits per heavy atom. The van der Waals surface area contributed by atoms with E-state index >= 15 is 0 Å². The summed E-state index contributed by atoms with van der Waals surface area (Å²) in [5.41, 5.74) is 7.73. The Morgan fingerprint density at radius 2 is 1.57 bits per heavy atom. The fraction of sp³-hybridized carbons (Fsp3) is 0.316. The van der Waals surface area contributed by atoms with Crippen molar-refractivity contribution in [2.24, 2.45) is 10.7 Å². The number of hydrogen-bond acceptors (Lipinski definition) is 3. The van der Waals surface area contributed by atoms with Gasteiger partial charge in [-0.25, -0.2) is 4.99 Å². The van der Waals surface area contributed by atoms with E-state index in [9.17, 15) is 13.2 Å².